The molecule has 0 unspecified atom stereocenters. The Labute approximate surface area is 124 Å². The molecule has 6 nitrogen and oxygen atoms in total. The third kappa shape index (κ3) is 3.82. The molecular weight excluding hydrogens is 270 g/mol. The van der Waals surface area contributed by atoms with Gasteiger partial charge in [-0.3, -0.25) is 0 Å². The minimum Gasteiger partial charge on any atom is -0.493 e. The Bertz CT molecular complexity index is 551. The summed E-state index contributed by atoms with van der Waals surface area (Å²) in [6.07, 6.45) is 3.46. The first-order valence-corrected chi connectivity index (χ1v) is 6.69. The highest BCUT2D eigenvalue weighted by Crippen LogP contribution is 2.38. The molecule has 0 radical (unpaired) electrons. The van der Waals surface area contributed by atoms with E-state index in [2.05, 4.69) is 15.3 Å². The van der Waals surface area contributed by atoms with Gasteiger partial charge in [0.2, 0.25) is 5.75 Å². The van der Waals surface area contributed by atoms with Gasteiger partial charge in [-0.05, 0) is 18.7 Å². The van der Waals surface area contributed by atoms with Gasteiger partial charge in [-0.25, -0.2) is 9.97 Å². The first kappa shape index (κ1) is 15.1. The van der Waals surface area contributed by atoms with Crippen molar-refractivity contribution in [1.29, 1.82) is 0 Å². The Kier molecular flexibility index (Phi) is 5.34. The van der Waals surface area contributed by atoms with Crippen molar-refractivity contribution < 1.29 is 14.2 Å². The molecule has 0 amide bonds. The van der Waals surface area contributed by atoms with Crippen LogP contribution in [-0.2, 0) is 6.54 Å². The van der Waals surface area contributed by atoms with Crippen molar-refractivity contribution in [3.8, 4) is 23.3 Å². The van der Waals surface area contributed by atoms with Crippen LogP contribution in [0.2, 0.25) is 0 Å². The van der Waals surface area contributed by atoms with Gasteiger partial charge in [-0.15, -0.1) is 0 Å². The first-order chi connectivity index (χ1) is 10.3. The molecule has 0 aliphatic rings. The zero-order valence-corrected chi connectivity index (χ0v) is 12.4. The van der Waals surface area contributed by atoms with Gasteiger partial charge in [0.1, 0.15) is 0 Å². The van der Waals surface area contributed by atoms with Gasteiger partial charge >= 0.3 is 6.01 Å². The molecule has 0 fully saturated rings. The molecule has 1 aromatic heterocycles. The average molecular weight is 289 g/mol. The summed E-state index contributed by atoms with van der Waals surface area (Å²) in [6.45, 7) is 3.68. The predicted octanol–water partition coefficient (Wildman–Crippen LogP) is 2.40. The van der Waals surface area contributed by atoms with Gasteiger partial charge in [-0.1, -0.05) is 13.0 Å². The second-order valence-corrected chi connectivity index (χ2v) is 4.25. The molecule has 2 aromatic rings. The van der Waals surface area contributed by atoms with Gasteiger partial charge < -0.3 is 19.5 Å². The topological polar surface area (TPSA) is 65.5 Å². The van der Waals surface area contributed by atoms with Crippen LogP contribution in [0.1, 0.15) is 12.5 Å². The summed E-state index contributed by atoms with van der Waals surface area (Å²) in [5.74, 6) is 1.59. The van der Waals surface area contributed by atoms with Crippen LogP contribution in [0, 0.1) is 0 Å². The molecule has 6 heteroatoms. The summed E-state index contributed by atoms with van der Waals surface area (Å²) in [5, 5.41) is 3.21. The van der Waals surface area contributed by atoms with E-state index in [-0.39, 0.29) is 6.01 Å². The monoisotopic (exact) mass is 289 g/mol. The first-order valence-electron chi connectivity index (χ1n) is 6.69. The summed E-state index contributed by atoms with van der Waals surface area (Å²) >= 11 is 0. The molecule has 0 saturated carbocycles. The normalized spacial score (nSPS) is 10.2. The summed E-state index contributed by atoms with van der Waals surface area (Å²) in [6, 6.07) is 5.65. The Balaban J connectivity index is 2.18. The third-order valence-corrected chi connectivity index (χ3v) is 2.84. The van der Waals surface area contributed by atoms with Crippen LogP contribution >= 0.6 is 0 Å². The highest BCUT2D eigenvalue weighted by molar-refractivity contribution is 5.52. The molecule has 0 atom stereocenters. The molecule has 2 rings (SSSR count). The van der Waals surface area contributed by atoms with Gasteiger partial charge in [0.05, 0.1) is 14.2 Å². The van der Waals surface area contributed by atoms with Crippen LogP contribution in [0.3, 0.4) is 0 Å². The predicted molar refractivity (Wildman–Crippen MR) is 79.0 cm³/mol. The molecule has 0 saturated heterocycles. The van der Waals surface area contributed by atoms with Crippen molar-refractivity contribution in [3.05, 3.63) is 36.2 Å². The molecule has 1 heterocycles. The van der Waals surface area contributed by atoms with E-state index in [1.165, 1.54) is 0 Å². The lowest BCUT2D eigenvalue weighted by Gasteiger charge is -2.12. The number of ether oxygens (including phenoxy) is 3. The van der Waals surface area contributed by atoms with E-state index in [9.17, 15) is 0 Å². The van der Waals surface area contributed by atoms with Gasteiger partial charge in [0.15, 0.2) is 11.5 Å². The highest BCUT2D eigenvalue weighted by Gasteiger charge is 2.13. The van der Waals surface area contributed by atoms with Crippen molar-refractivity contribution in [1.82, 2.24) is 15.3 Å². The minimum absolute atomic E-state index is 0.248. The third-order valence-electron chi connectivity index (χ3n) is 2.84. The van der Waals surface area contributed by atoms with E-state index < -0.39 is 0 Å². The van der Waals surface area contributed by atoms with E-state index >= 15 is 0 Å². The van der Waals surface area contributed by atoms with E-state index in [0.29, 0.717) is 17.2 Å². The maximum Gasteiger partial charge on any atom is 0.322 e. The van der Waals surface area contributed by atoms with Crippen LogP contribution < -0.4 is 19.5 Å². The molecule has 0 aliphatic carbocycles. The number of hydrogen-bond acceptors (Lipinski definition) is 6. The van der Waals surface area contributed by atoms with Gasteiger partial charge in [-0.2, -0.15) is 0 Å². The number of hydrogen-bond donors (Lipinski definition) is 1. The number of nitrogens with zero attached hydrogens (tertiary/aromatic N) is 2. The smallest absolute Gasteiger partial charge is 0.322 e. The largest absolute Gasteiger partial charge is 0.493 e. The zero-order valence-electron chi connectivity index (χ0n) is 12.4. The van der Waals surface area contributed by atoms with Crippen LogP contribution in [-0.4, -0.2) is 30.7 Å². The maximum atomic E-state index is 5.69. The number of benzene rings is 1. The fraction of sp³-hybridized carbons (Fsp3) is 0.333. The van der Waals surface area contributed by atoms with Crippen molar-refractivity contribution in [3.63, 3.8) is 0 Å². The second kappa shape index (κ2) is 7.44. The Morgan fingerprint density at radius 2 is 1.67 bits per heavy atom. The molecular formula is C15H19N3O3. The zero-order chi connectivity index (χ0) is 15.1. The van der Waals surface area contributed by atoms with Crippen LogP contribution in [0.5, 0.6) is 23.3 Å². The SMILES string of the molecule is CCNCc1cnc(Oc2c(OC)cccc2OC)nc1. The number of methoxy groups -OCH3 is 2. The Hall–Kier alpha value is -2.34. The lowest BCUT2D eigenvalue weighted by molar-refractivity contribution is 0.336. The summed E-state index contributed by atoms with van der Waals surface area (Å²) in [5.41, 5.74) is 0.996. The fourth-order valence-electron chi connectivity index (χ4n) is 1.77. The average Bonchev–Trinajstić information content (AvgIpc) is 2.54. The summed E-state index contributed by atoms with van der Waals surface area (Å²) in [4.78, 5) is 8.39. The Morgan fingerprint density at radius 1 is 1.05 bits per heavy atom. The second-order valence-electron chi connectivity index (χ2n) is 4.25. The van der Waals surface area contributed by atoms with E-state index in [1.807, 2.05) is 13.0 Å². The van der Waals surface area contributed by atoms with E-state index in [1.54, 1.807) is 38.7 Å². The number of para-hydroxylation sites is 1. The van der Waals surface area contributed by atoms with Crippen LogP contribution in [0.15, 0.2) is 30.6 Å². The number of aromatic nitrogens is 2. The van der Waals surface area contributed by atoms with Crippen molar-refractivity contribution in [2.75, 3.05) is 20.8 Å². The van der Waals surface area contributed by atoms with Crippen LogP contribution in [0.4, 0.5) is 0 Å². The quantitative estimate of drug-likeness (QED) is 0.844. The molecule has 0 spiro atoms. The minimum atomic E-state index is 0.248. The summed E-state index contributed by atoms with van der Waals surface area (Å²) < 4.78 is 16.2. The summed E-state index contributed by atoms with van der Waals surface area (Å²) in [7, 11) is 3.14. The highest BCUT2D eigenvalue weighted by atomic mass is 16.5. The molecule has 1 aromatic carbocycles. The molecule has 21 heavy (non-hydrogen) atoms. The van der Waals surface area contributed by atoms with Crippen molar-refractivity contribution in [2.24, 2.45) is 0 Å². The maximum absolute atomic E-state index is 5.69. The number of nitrogens with one attached hydrogen (secondary N) is 1. The number of rotatable bonds is 7. The van der Waals surface area contributed by atoms with Gasteiger partial charge in [0, 0.05) is 24.5 Å². The molecule has 1 N–H and O–H groups in total. The lowest BCUT2D eigenvalue weighted by atomic mass is 10.3. The van der Waals surface area contributed by atoms with E-state index in [0.717, 1.165) is 18.7 Å². The van der Waals surface area contributed by atoms with Crippen LogP contribution in [0.25, 0.3) is 0 Å². The molecule has 0 aliphatic heterocycles. The lowest BCUT2D eigenvalue weighted by Crippen LogP contribution is -2.12. The van der Waals surface area contributed by atoms with Gasteiger partial charge in [0.25, 0.3) is 0 Å². The van der Waals surface area contributed by atoms with Crippen molar-refractivity contribution >= 4 is 0 Å². The Morgan fingerprint density at radius 3 is 2.19 bits per heavy atom. The van der Waals surface area contributed by atoms with E-state index in [4.69, 9.17) is 14.2 Å². The molecule has 0 bridgehead atoms. The molecule has 112 valence electrons. The van der Waals surface area contributed by atoms with Crippen molar-refractivity contribution in [2.45, 2.75) is 13.5 Å². The standard InChI is InChI=1S/C15H19N3O3/c1-4-16-8-11-9-17-15(18-10-11)21-14-12(19-2)6-5-7-13(14)20-3/h5-7,9-10,16H,4,8H2,1-3H3. The fourth-order valence-corrected chi connectivity index (χ4v) is 1.77.